The molecular weight excluding hydrogens is 294 g/mol. The molecule has 130 valence electrons. The zero-order valence-electron chi connectivity index (χ0n) is 14.6. The van der Waals surface area contributed by atoms with Gasteiger partial charge in [0.2, 0.25) is 0 Å². The van der Waals surface area contributed by atoms with Crippen molar-refractivity contribution in [2.24, 2.45) is 5.41 Å². The summed E-state index contributed by atoms with van der Waals surface area (Å²) in [6.07, 6.45) is 3.80. The predicted octanol–water partition coefficient (Wildman–Crippen LogP) is 2.07. The van der Waals surface area contributed by atoms with Gasteiger partial charge in [-0.05, 0) is 38.5 Å². The second kappa shape index (κ2) is 7.45. The molecule has 1 amide bonds. The van der Waals surface area contributed by atoms with Crippen LogP contribution in [0.15, 0.2) is 6.20 Å². The first-order chi connectivity index (χ1) is 10.8. The number of ether oxygens (including phenoxy) is 1. The van der Waals surface area contributed by atoms with Gasteiger partial charge in [0.1, 0.15) is 0 Å². The van der Waals surface area contributed by atoms with Gasteiger partial charge in [0.25, 0.3) is 5.91 Å². The first-order valence-corrected chi connectivity index (χ1v) is 8.38. The van der Waals surface area contributed by atoms with Crippen LogP contribution in [-0.2, 0) is 4.74 Å². The second-order valence-electron chi connectivity index (χ2n) is 7.33. The number of amides is 1. The van der Waals surface area contributed by atoms with E-state index < -0.39 is 0 Å². The molecule has 2 rings (SSSR count). The highest BCUT2D eigenvalue weighted by molar-refractivity contribution is 5.95. The first-order valence-electron chi connectivity index (χ1n) is 8.38. The SMILES string of the molecule is Cc1c(C(=O)NCC(C)(C)CC(C)O)cnn1C1CCOCC1. The van der Waals surface area contributed by atoms with Gasteiger partial charge in [-0.2, -0.15) is 5.10 Å². The van der Waals surface area contributed by atoms with Crippen LogP contribution in [0.4, 0.5) is 0 Å². The minimum atomic E-state index is -0.375. The van der Waals surface area contributed by atoms with Crippen LogP contribution >= 0.6 is 0 Å². The summed E-state index contributed by atoms with van der Waals surface area (Å²) in [5, 5.41) is 16.9. The molecule has 6 nitrogen and oxygen atoms in total. The van der Waals surface area contributed by atoms with E-state index in [4.69, 9.17) is 4.74 Å². The van der Waals surface area contributed by atoms with Gasteiger partial charge in [0.15, 0.2) is 0 Å². The zero-order valence-corrected chi connectivity index (χ0v) is 14.6. The van der Waals surface area contributed by atoms with Crippen molar-refractivity contribution in [1.29, 1.82) is 0 Å². The molecule has 1 unspecified atom stereocenters. The maximum Gasteiger partial charge on any atom is 0.254 e. The number of carbonyl (C=O) groups is 1. The molecule has 0 bridgehead atoms. The number of aromatic nitrogens is 2. The lowest BCUT2D eigenvalue weighted by Gasteiger charge is -2.26. The van der Waals surface area contributed by atoms with E-state index in [1.165, 1.54) is 0 Å². The molecule has 0 radical (unpaired) electrons. The molecule has 1 fully saturated rings. The average molecular weight is 323 g/mol. The molecule has 0 aliphatic carbocycles. The smallest absolute Gasteiger partial charge is 0.254 e. The molecule has 0 spiro atoms. The lowest BCUT2D eigenvalue weighted by Crippen LogP contribution is -2.36. The van der Waals surface area contributed by atoms with E-state index in [1.54, 1.807) is 13.1 Å². The van der Waals surface area contributed by atoms with Crippen molar-refractivity contribution < 1.29 is 14.6 Å². The molecule has 1 aromatic rings. The fraction of sp³-hybridized carbons (Fsp3) is 0.765. The van der Waals surface area contributed by atoms with Crippen molar-refractivity contribution in [1.82, 2.24) is 15.1 Å². The summed E-state index contributed by atoms with van der Waals surface area (Å²) in [7, 11) is 0. The summed E-state index contributed by atoms with van der Waals surface area (Å²) < 4.78 is 7.34. The average Bonchev–Trinajstić information content (AvgIpc) is 2.86. The second-order valence-corrected chi connectivity index (χ2v) is 7.33. The number of hydrogen-bond donors (Lipinski definition) is 2. The van der Waals surface area contributed by atoms with Crippen molar-refractivity contribution in [3.05, 3.63) is 17.5 Å². The third-order valence-corrected chi connectivity index (χ3v) is 4.40. The largest absolute Gasteiger partial charge is 0.393 e. The van der Waals surface area contributed by atoms with Crippen molar-refractivity contribution in [3.8, 4) is 0 Å². The van der Waals surface area contributed by atoms with Gasteiger partial charge < -0.3 is 15.2 Å². The molecule has 1 aromatic heterocycles. The number of hydrogen-bond acceptors (Lipinski definition) is 4. The number of nitrogens with zero attached hydrogens (tertiary/aromatic N) is 2. The summed E-state index contributed by atoms with van der Waals surface area (Å²) in [6.45, 7) is 9.82. The highest BCUT2D eigenvalue weighted by Crippen LogP contribution is 2.24. The molecule has 6 heteroatoms. The number of aliphatic hydroxyl groups excluding tert-OH is 1. The molecule has 1 aliphatic rings. The molecule has 1 atom stereocenters. The van der Waals surface area contributed by atoms with Gasteiger partial charge >= 0.3 is 0 Å². The molecule has 1 saturated heterocycles. The third kappa shape index (κ3) is 4.78. The van der Waals surface area contributed by atoms with Crippen LogP contribution in [0.2, 0.25) is 0 Å². The van der Waals surface area contributed by atoms with E-state index in [9.17, 15) is 9.90 Å². The molecule has 0 saturated carbocycles. The Kier molecular flexibility index (Phi) is 5.81. The Labute approximate surface area is 138 Å². The number of aliphatic hydroxyl groups is 1. The van der Waals surface area contributed by atoms with Gasteiger partial charge in [0, 0.05) is 25.5 Å². The normalized spacial score (nSPS) is 18.0. The quantitative estimate of drug-likeness (QED) is 0.840. The molecular formula is C17H29N3O3. The maximum absolute atomic E-state index is 12.4. The summed E-state index contributed by atoms with van der Waals surface area (Å²) >= 11 is 0. The Balaban J connectivity index is 1.99. The molecule has 2 heterocycles. The van der Waals surface area contributed by atoms with Gasteiger partial charge in [-0.1, -0.05) is 13.8 Å². The summed E-state index contributed by atoms with van der Waals surface area (Å²) in [6, 6.07) is 0.317. The summed E-state index contributed by atoms with van der Waals surface area (Å²) in [4.78, 5) is 12.4. The van der Waals surface area contributed by atoms with Crippen LogP contribution < -0.4 is 5.32 Å². The number of nitrogens with one attached hydrogen (secondary N) is 1. The fourth-order valence-corrected chi connectivity index (χ4v) is 3.23. The van der Waals surface area contributed by atoms with E-state index >= 15 is 0 Å². The van der Waals surface area contributed by atoms with Crippen LogP contribution in [0.5, 0.6) is 0 Å². The van der Waals surface area contributed by atoms with E-state index in [-0.39, 0.29) is 17.4 Å². The highest BCUT2D eigenvalue weighted by Gasteiger charge is 2.24. The van der Waals surface area contributed by atoms with E-state index in [1.807, 2.05) is 25.5 Å². The Morgan fingerprint density at radius 1 is 1.52 bits per heavy atom. The Hall–Kier alpha value is -1.40. The van der Waals surface area contributed by atoms with E-state index in [0.717, 1.165) is 31.7 Å². The number of rotatable bonds is 6. The maximum atomic E-state index is 12.4. The molecule has 1 aliphatic heterocycles. The minimum absolute atomic E-state index is 0.0977. The Morgan fingerprint density at radius 3 is 2.78 bits per heavy atom. The first kappa shape index (κ1) is 17.9. The molecule has 0 aromatic carbocycles. The predicted molar refractivity (Wildman–Crippen MR) is 88.5 cm³/mol. The van der Waals surface area contributed by atoms with Crippen LogP contribution in [-0.4, -0.2) is 46.7 Å². The van der Waals surface area contributed by atoms with Crippen LogP contribution in [0, 0.1) is 12.3 Å². The summed E-state index contributed by atoms with van der Waals surface area (Å²) in [5.74, 6) is -0.0977. The lowest BCUT2D eigenvalue weighted by molar-refractivity contribution is 0.0656. The van der Waals surface area contributed by atoms with Crippen LogP contribution in [0.25, 0.3) is 0 Å². The Morgan fingerprint density at radius 2 is 2.17 bits per heavy atom. The van der Waals surface area contributed by atoms with Crippen molar-refractivity contribution in [3.63, 3.8) is 0 Å². The van der Waals surface area contributed by atoms with Crippen LogP contribution in [0.3, 0.4) is 0 Å². The third-order valence-electron chi connectivity index (χ3n) is 4.40. The van der Waals surface area contributed by atoms with Crippen molar-refractivity contribution in [2.45, 2.75) is 59.1 Å². The van der Waals surface area contributed by atoms with E-state index in [2.05, 4.69) is 10.4 Å². The molecule has 23 heavy (non-hydrogen) atoms. The monoisotopic (exact) mass is 323 g/mol. The van der Waals surface area contributed by atoms with Gasteiger partial charge in [-0.25, -0.2) is 0 Å². The standard InChI is InChI=1S/C17H29N3O3/c1-12(21)9-17(3,4)11-18-16(22)15-10-19-20(13(15)2)14-5-7-23-8-6-14/h10,12,14,21H,5-9,11H2,1-4H3,(H,18,22). The topological polar surface area (TPSA) is 76.4 Å². The molecule has 2 N–H and O–H groups in total. The fourth-order valence-electron chi connectivity index (χ4n) is 3.23. The minimum Gasteiger partial charge on any atom is -0.393 e. The van der Waals surface area contributed by atoms with Crippen molar-refractivity contribution in [2.75, 3.05) is 19.8 Å². The van der Waals surface area contributed by atoms with Gasteiger partial charge in [-0.3, -0.25) is 9.48 Å². The highest BCUT2D eigenvalue weighted by atomic mass is 16.5. The lowest BCUT2D eigenvalue weighted by atomic mass is 9.87. The van der Waals surface area contributed by atoms with Crippen molar-refractivity contribution >= 4 is 5.91 Å². The van der Waals surface area contributed by atoms with E-state index in [0.29, 0.717) is 24.6 Å². The number of carbonyl (C=O) groups excluding carboxylic acids is 1. The Bertz CT molecular complexity index is 531. The van der Waals surface area contributed by atoms with Gasteiger partial charge in [-0.15, -0.1) is 0 Å². The van der Waals surface area contributed by atoms with Crippen LogP contribution in [0.1, 0.15) is 62.1 Å². The zero-order chi connectivity index (χ0) is 17.0. The summed E-state index contributed by atoms with van der Waals surface area (Å²) in [5.41, 5.74) is 1.39. The van der Waals surface area contributed by atoms with Gasteiger partial charge in [0.05, 0.1) is 23.9 Å².